The molecule has 0 amide bonds. The third kappa shape index (κ3) is 7.07. The van der Waals surface area contributed by atoms with Crippen LogP contribution in [0.3, 0.4) is 0 Å². The number of rotatable bonds is 14. The molecule has 4 saturated heterocycles. The highest BCUT2D eigenvalue weighted by molar-refractivity contribution is 8.24. The maximum absolute atomic E-state index is 13.7. The van der Waals surface area contributed by atoms with Crippen molar-refractivity contribution in [1.29, 1.82) is 0 Å². The number of fused-ring (bicyclic) bond motifs is 4. The second-order valence-electron chi connectivity index (χ2n) is 14.0. The summed E-state index contributed by atoms with van der Waals surface area (Å²) in [7, 11) is 3.22. The summed E-state index contributed by atoms with van der Waals surface area (Å²) >= 11 is 12.1. The molecule has 0 aromatic heterocycles. The summed E-state index contributed by atoms with van der Waals surface area (Å²) in [6, 6.07) is 3.62. The molecule has 0 N–H and O–H groups in total. The minimum absolute atomic E-state index is 0.194. The Morgan fingerprint density at radius 1 is 0.625 bits per heavy atom. The lowest BCUT2D eigenvalue weighted by Crippen LogP contribution is -2.13. The standard InChI is InChI=1S/C22H33O3PS.C16H21O3PS/c1-4-6-12-24-17-14-16(3)21(20(15-17)25-13-7-5-2)22(23)26(27)18-8-9-19(26)11-10-18;1-10-8-11(18-2)9-14(19-3)15(10)16(17)20(21)12-4-5-13(20)7-6-12/h14-15,18-19H,4-13H2,1-3H3;8-9,12-13H,4-7H2,1-3H3. The molecule has 0 radical (unpaired) electrons. The van der Waals surface area contributed by atoms with Crippen molar-refractivity contribution in [3.8, 4) is 23.0 Å². The molecule has 2 aromatic carbocycles. The fraction of sp³-hybridized carbons (Fsp3) is 0.632. The zero-order valence-corrected chi connectivity index (χ0v) is 33.1. The van der Waals surface area contributed by atoms with Crippen LogP contribution in [0.1, 0.15) is 123 Å². The summed E-state index contributed by atoms with van der Waals surface area (Å²) in [6.45, 7) is 9.57. The van der Waals surface area contributed by atoms with E-state index < -0.39 is 12.1 Å². The molecule has 0 aliphatic carbocycles. The summed E-state index contributed by atoms with van der Waals surface area (Å²) < 4.78 is 22.7. The van der Waals surface area contributed by atoms with Gasteiger partial charge < -0.3 is 18.9 Å². The number of benzene rings is 2. The van der Waals surface area contributed by atoms with Crippen LogP contribution in [0.15, 0.2) is 24.3 Å². The number of hydrogen-bond donors (Lipinski definition) is 0. The summed E-state index contributed by atoms with van der Waals surface area (Å²) in [4.78, 5) is 27.0. The van der Waals surface area contributed by atoms with Crippen molar-refractivity contribution in [2.45, 2.75) is 127 Å². The molecule has 0 unspecified atom stereocenters. The van der Waals surface area contributed by atoms with Gasteiger partial charge in [-0.25, -0.2) is 0 Å². The van der Waals surface area contributed by atoms with Gasteiger partial charge in [-0.1, -0.05) is 50.3 Å². The minimum Gasteiger partial charge on any atom is -0.497 e. The van der Waals surface area contributed by atoms with E-state index in [1.165, 1.54) is 0 Å². The lowest BCUT2D eigenvalue weighted by Gasteiger charge is -2.23. The van der Waals surface area contributed by atoms with Crippen molar-refractivity contribution >= 4 is 46.7 Å². The number of aryl methyl sites for hydroxylation is 2. The van der Waals surface area contributed by atoms with Crippen LogP contribution in [0.5, 0.6) is 23.0 Å². The van der Waals surface area contributed by atoms with E-state index in [0.717, 1.165) is 99.5 Å². The number of hydrogen-bond acceptors (Lipinski definition) is 8. The van der Waals surface area contributed by atoms with E-state index in [2.05, 4.69) is 13.8 Å². The predicted molar refractivity (Wildman–Crippen MR) is 206 cm³/mol. The first-order valence-corrected chi connectivity index (χ1v) is 23.8. The number of carbonyl (C=O) groups excluding carboxylic acids is 2. The molecule has 0 spiro atoms. The molecule has 4 aliphatic rings. The van der Waals surface area contributed by atoms with Crippen molar-refractivity contribution in [1.82, 2.24) is 0 Å². The van der Waals surface area contributed by atoms with Crippen molar-refractivity contribution in [3.05, 3.63) is 46.5 Å². The molecule has 4 aliphatic heterocycles. The first-order valence-electron chi connectivity index (χ1n) is 18.0. The van der Waals surface area contributed by atoms with E-state index in [0.29, 0.717) is 58.7 Å². The molecular weight excluding hydrogens is 678 g/mol. The Hall–Kier alpha value is -1.72. The smallest absolute Gasteiger partial charge is 0.198 e. The highest BCUT2D eigenvalue weighted by Crippen LogP contribution is 2.73. The number of ether oxygens (including phenoxy) is 4. The summed E-state index contributed by atoms with van der Waals surface area (Å²) in [5.41, 5.74) is 5.60. The van der Waals surface area contributed by atoms with E-state index in [9.17, 15) is 9.59 Å². The van der Waals surface area contributed by atoms with E-state index in [1.54, 1.807) is 20.3 Å². The molecule has 48 heavy (non-hydrogen) atoms. The van der Waals surface area contributed by atoms with Crippen LogP contribution in [0, 0.1) is 13.8 Å². The molecule has 4 bridgehead atoms. The number of methoxy groups -OCH3 is 2. The molecule has 4 heterocycles. The highest BCUT2D eigenvalue weighted by Gasteiger charge is 2.53. The quantitative estimate of drug-likeness (QED) is 0.140. The molecule has 4 fully saturated rings. The van der Waals surface area contributed by atoms with Crippen LogP contribution in [0.25, 0.3) is 0 Å². The largest absolute Gasteiger partial charge is 0.497 e. The Balaban J connectivity index is 0.000000194. The zero-order chi connectivity index (χ0) is 34.6. The summed E-state index contributed by atoms with van der Waals surface area (Å²) in [5.74, 6) is 2.81. The molecule has 2 aromatic rings. The number of unbranched alkanes of at least 4 members (excludes halogenated alkanes) is 2. The molecule has 6 nitrogen and oxygen atoms in total. The average molecular weight is 733 g/mol. The Bertz CT molecular complexity index is 1560. The van der Waals surface area contributed by atoms with Crippen LogP contribution in [-0.4, -0.2) is 61.1 Å². The van der Waals surface area contributed by atoms with Crippen LogP contribution in [-0.2, 0) is 23.6 Å². The minimum atomic E-state index is -2.01. The van der Waals surface area contributed by atoms with Gasteiger partial charge in [-0.3, -0.25) is 9.59 Å². The van der Waals surface area contributed by atoms with Gasteiger partial charge in [0.1, 0.15) is 23.0 Å². The second kappa shape index (κ2) is 16.1. The van der Waals surface area contributed by atoms with Crippen LogP contribution in [0.2, 0.25) is 0 Å². The van der Waals surface area contributed by atoms with Gasteiger partial charge in [0, 0.05) is 24.2 Å². The third-order valence-corrected chi connectivity index (χ3v) is 23.8. The molecule has 6 rings (SSSR count). The highest BCUT2D eigenvalue weighted by atomic mass is 32.4. The lowest BCUT2D eigenvalue weighted by molar-refractivity contribution is 0.106. The Morgan fingerprint density at radius 2 is 1.02 bits per heavy atom. The van der Waals surface area contributed by atoms with E-state index >= 15 is 0 Å². The van der Waals surface area contributed by atoms with Crippen molar-refractivity contribution in [2.75, 3.05) is 27.4 Å². The van der Waals surface area contributed by atoms with Gasteiger partial charge in [0.15, 0.2) is 11.0 Å². The van der Waals surface area contributed by atoms with Crippen LogP contribution >= 0.6 is 12.1 Å². The monoisotopic (exact) mass is 732 g/mol. The fourth-order valence-electron chi connectivity index (χ4n) is 8.39. The van der Waals surface area contributed by atoms with Gasteiger partial charge >= 0.3 is 0 Å². The molecular formula is C38H54O6P2S2. The van der Waals surface area contributed by atoms with E-state index in [-0.39, 0.29) is 11.0 Å². The second-order valence-corrected chi connectivity index (χ2v) is 24.2. The van der Waals surface area contributed by atoms with Crippen LogP contribution in [0.4, 0.5) is 0 Å². The summed E-state index contributed by atoms with van der Waals surface area (Å²) in [6.07, 6.45) is 13.3. The van der Waals surface area contributed by atoms with Crippen molar-refractivity contribution in [2.24, 2.45) is 0 Å². The maximum Gasteiger partial charge on any atom is 0.198 e. The van der Waals surface area contributed by atoms with Gasteiger partial charge in [-0.2, -0.15) is 0 Å². The van der Waals surface area contributed by atoms with Gasteiger partial charge in [0.2, 0.25) is 0 Å². The first-order chi connectivity index (χ1) is 23.0. The third-order valence-electron chi connectivity index (χ3n) is 11.1. The Kier molecular flexibility index (Phi) is 12.6. The van der Waals surface area contributed by atoms with E-state index in [1.807, 2.05) is 32.0 Å². The molecule has 0 atom stereocenters. The van der Waals surface area contributed by atoms with Gasteiger partial charge in [0.25, 0.3) is 0 Å². The maximum atomic E-state index is 13.7. The van der Waals surface area contributed by atoms with Gasteiger partial charge in [0.05, 0.1) is 38.6 Å². The van der Waals surface area contributed by atoms with Gasteiger partial charge in [-0.15, -0.1) is 0 Å². The molecule has 264 valence electrons. The Morgan fingerprint density at radius 3 is 1.44 bits per heavy atom. The Labute approximate surface area is 298 Å². The zero-order valence-electron chi connectivity index (χ0n) is 29.7. The van der Waals surface area contributed by atoms with Gasteiger partial charge in [-0.05, 0) is 124 Å². The first kappa shape index (κ1) is 37.5. The average Bonchev–Trinajstić information content (AvgIpc) is 3.80. The summed E-state index contributed by atoms with van der Waals surface area (Å²) in [5, 5.41) is 0. The van der Waals surface area contributed by atoms with Crippen molar-refractivity contribution in [3.63, 3.8) is 0 Å². The number of carbonyl (C=O) groups is 2. The van der Waals surface area contributed by atoms with E-state index in [4.69, 9.17) is 42.6 Å². The molecule has 0 saturated carbocycles. The SMILES string of the molecule is CCCCOc1cc(C)c(C(=O)P2(=S)C3CCC2CC3)c(OCCCC)c1.COc1cc(C)c(C(=O)P2(=S)C3CCC2CC3)c(OC)c1. The fourth-order valence-corrected chi connectivity index (χ4v) is 19.5. The van der Waals surface area contributed by atoms with Crippen molar-refractivity contribution < 1.29 is 28.5 Å². The molecule has 10 heteroatoms. The predicted octanol–water partition coefficient (Wildman–Crippen LogP) is 10.3. The lowest BCUT2D eigenvalue weighted by atomic mass is 10.0. The normalized spacial score (nSPS) is 28.1. The topological polar surface area (TPSA) is 71.1 Å². The van der Waals surface area contributed by atoms with Crippen LogP contribution < -0.4 is 18.9 Å².